The number of methoxy groups -OCH3 is 1. The van der Waals surface area contributed by atoms with E-state index in [1.54, 1.807) is 7.11 Å². The minimum absolute atomic E-state index is 0.462. The molecule has 1 rings (SSSR count). The molecule has 0 aliphatic rings. The third kappa shape index (κ3) is 5.57. The third-order valence-corrected chi connectivity index (χ3v) is 4.86. The maximum Gasteiger partial charge on any atom is 0.185 e. The first-order valence-electron chi connectivity index (χ1n) is 7.93. The minimum Gasteiger partial charge on any atom is -0.383 e. The first-order valence-corrected chi connectivity index (χ1v) is 8.74. The average molecular weight is 314 g/mol. The van der Waals surface area contributed by atoms with Crippen LogP contribution >= 0.6 is 11.3 Å². The zero-order valence-corrected chi connectivity index (χ0v) is 15.2. The van der Waals surface area contributed by atoms with Crippen LogP contribution in [-0.4, -0.2) is 38.3 Å². The molecule has 1 heterocycles. The highest BCUT2D eigenvalue weighted by atomic mass is 32.1. The summed E-state index contributed by atoms with van der Waals surface area (Å²) < 4.78 is 5.08. The molecule has 1 unspecified atom stereocenters. The van der Waals surface area contributed by atoms with E-state index < -0.39 is 0 Å². The van der Waals surface area contributed by atoms with Gasteiger partial charge in [-0.1, -0.05) is 27.2 Å². The topological polar surface area (TPSA) is 37.4 Å². The summed E-state index contributed by atoms with van der Waals surface area (Å²) in [6, 6.07) is 0.537. The van der Waals surface area contributed by atoms with Crippen LogP contribution in [0.3, 0.4) is 0 Å². The lowest BCUT2D eigenvalue weighted by molar-refractivity contribution is 0.199. The quantitative estimate of drug-likeness (QED) is 0.669. The zero-order valence-electron chi connectivity index (χ0n) is 14.4. The van der Waals surface area contributed by atoms with E-state index in [1.165, 1.54) is 23.4 Å². The normalized spacial score (nSPS) is 12.9. The number of aromatic nitrogens is 1. The van der Waals surface area contributed by atoms with E-state index in [-0.39, 0.29) is 0 Å². The van der Waals surface area contributed by atoms with Crippen molar-refractivity contribution in [1.82, 2.24) is 10.3 Å². The predicted molar refractivity (Wildman–Crippen MR) is 92.6 cm³/mol. The van der Waals surface area contributed by atoms with Gasteiger partial charge in [-0.2, -0.15) is 0 Å². The highest BCUT2D eigenvalue weighted by Crippen LogP contribution is 2.31. The second kappa shape index (κ2) is 9.38. The number of ether oxygens (including phenoxy) is 1. The van der Waals surface area contributed by atoms with Gasteiger partial charge in [-0.25, -0.2) is 4.98 Å². The van der Waals surface area contributed by atoms with E-state index in [0.717, 1.165) is 24.8 Å². The van der Waals surface area contributed by atoms with Gasteiger partial charge in [0.15, 0.2) is 5.13 Å². The monoisotopic (exact) mass is 313 g/mol. The Kier molecular flexibility index (Phi) is 8.22. The molecule has 122 valence electrons. The van der Waals surface area contributed by atoms with Gasteiger partial charge in [-0.05, 0) is 19.3 Å². The SMILES string of the molecule is CCCC(C)N(C)c1nc(C(C)C)c(CNCCOC)s1. The van der Waals surface area contributed by atoms with E-state index in [0.29, 0.717) is 12.0 Å². The Morgan fingerprint density at radius 2 is 2.05 bits per heavy atom. The van der Waals surface area contributed by atoms with E-state index in [2.05, 4.69) is 45.0 Å². The molecule has 0 bridgehead atoms. The molecule has 1 atom stereocenters. The molecular formula is C16H31N3OS. The third-order valence-electron chi connectivity index (χ3n) is 3.70. The Hall–Kier alpha value is -0.650. The number of anilines is 1. The highest BCUT2D eigenvalue weighted by Gasteiger charge is 2.18. The summed E-state index contributed by atoms with van der Waals surface area (Å²) in [6.45, 7) is 11.4. The molecule has 1 aromatic heterocycles. The summed E-state index contributed by atoms with van der Waals surface area (Å²) in [5, 5.41) is 4.57. The lowest BCUT2D eigenvalue weighted by atomic mass is 10.1. The molecular weight excluding hydrogens is 282 g/mol. The molecule has 21 heavy (non-hydrogen) atoms. The molecule has 5 heteroatoms. The van der Waals surface area contributed by atoms with Crippen molar-refractivity contribution in [3.63, 3.8) is 0 Å². The van der Waals surface area contributed by atoms with Gasteiger partial charge in [-0.3, -0.25) is 0 Å². The van der Waals surface area contributed by atoms with Crippen LogP contribution < -0.4 is 10.2 Å². The van der Waals surface area contributed by atoms with Crippen molar-refractivity contribution in [2.45, 2.75) is 59.0 Å². The summed E-state index contributed by atoms with van der Waals surface area (Å²) in [5.41, 5.74) is 1.23. The summed E-state index contributed by atoms with van der Waals surface area (Å²) in [6.07, 6.45) is 2.41. The molecule has 1 N–H and O–H groups in total. The summed E-state index contributed by atoms with van der Waals surface area (Å²) in [4.78, 5) is 8.56. The molecule has 1 aromatic rings. The van der Waals surface area contributed by atoms with Crippen LogP contribution in [0.4, 0.5) is 5.13 Å². The van der Waals surface area contributed by atoms with Crippen LogP contribution in [-0.2, 0) is 11.3 Å². The maximum atomic E-state index is 5.08. The molecule has 0 saturated heterocycles. The number of hydrogen-bond donors (Lipinski definition) is 1. The van der Waals surface area contributed by atoms with Crippen molar-refractivity contribution in [2.24, 2.45) is 0 Å². The van der Waals surface area contributed by atoms with E-state index in [1.807, 2.05) is 11.3 Å². The Labute approximate surface area is 133 Å². The molecule has 0 amide bonds. The van der Waals surface area contributed by atoms with Crippen LogP contribution in [0.25, 0.3) is 0 Å². The van der Waals surface area contributed by atoms with Gasteiger partial charge in [0.2, 0.25) is 0 Å². The van der Waals surface area contributed by atoms with Gasteiger partial charge in [0.25, 0.3) is 0 Å². The first kappa shape index (κ1) is 18.4. The molecule has 0 aromatic carbocycles. The second-order valence-corrected chi connectivity index (χ2v) is 6.94. The van der Waals surface area contributed by atoms with Crippen molar-refractivity contribution in [3.8, 4) is 0 Å². The van der Waals surface area contributed by atoms with E-state index in [4.69, 9.17) is 9.72 Å². The minimum atomic E-state index is 0.462. The van der Waals surface area contributed by atoms with Gasteiger partial charge in [0.1, 0.15) is 0 Å². The maximum absolute atomic E-state index is 5.08. The van der Waals surface area contributed by atoms with Crippen molar-refractivity contribution in [2.75, 3.05) is 32.2 Å². The summed E-state index contributed by atoms with van der Waals surface area (Å²) in [7, 11) is 3.89. The van der Waals surface area contributed by atoms with Crippen LogP contribution in [0.5, 0.6) is 0 Å². The van der Waals surface area contributed by atoms with Crippen molar-refractivity contribution in [1.29, 1.82) is 0 Å². The van der Waals surface area contributed by atoms with Gasteiger partial charge < -0.3 is 15.0 Å². The van der Waals surface area contributed by atoms with Gasteiger partial charge >= 0.3 is 0 Å². The number of nitrogens with one attached hydrogen (secondary N) is 1. The van der Waals surface area contributed by atoms with Crippen molar-refractivity contribution >= 4 is 16.5 Å². The molecule has 0 spiro atoms. The van der Waals surface area contributed by atoms with Crippen molar-refractivity contribution in [3.05, 3.63) is 10.6 Å². The molecule has 4 nitrogen and oxygen atoms in total. The van der Waals surface area contributed by atoms with Crippen LogP contribution in [0.15, 0.2) is 0 Å². The predicted octanol–water partition coefficient (Wildman–Crippen LogP) is 3.63. The molecule has 0 saturated carbocycles. The Balaban J connectivity index is 2.78. The van der Waals surface area contributed by atoms with Gasteiger partial charge in [0.05, 0.1) is 12.3 Å². The Morgan fingerprint density at radius 1 is 1.33 bits per heavy atom. The number of rotatable bonds is 10. The lowest BCUT2D eigenvalue weighted by Gasteiger charge is -2.23. The van der Waals surface area contributed by atoms with E-state index >= 15 is 0 Å². The largest absolute Gasteiger partial charge is 0.383 e. The van der Waals surface area contributed by atoms with E-state index in [9.17, 15) is 0 Å². The lowest BCUT2D eigenvalue weighted by Crippen LogP contribution is -2.28. The fourth-order valence-corrected chi connectivity index (χ4v) is 3.50. The number of thiazole rings is 1. The smallest absolute Gasteiger partial charge is 0.185 e. The van der Waals surface area contributed by atoms with Crippen LogP contribution in [0, 0.1) is 0 Å². The number of nitrogens with zero attached hydrogens (tertiary/aromatic N) is 2. The summed E-state index contributed by atoms with van der Waals surface area (Å²) >= 11 is 1.82. The molecule has 0 radical (unpaired) electrons. The van der Waals surface area contributed by atoms with Gasteiger partial charge in [0, 0.05) is 38.2 Å². The second-order valence-electron chi connectivity index (χ2n) is 5.88. The molecule has 0 fully saturated rings. The molecule has 0 aliphatic heterocycles. The Morgan fingerprint density at radius 3 is 2.62 bits per heavy atom. The van der Waals surface area contributed by atoms with Crippen LogP contribution in [0.2, 0.25) is 0 Å². The Bertz CT molecular complexity index is 406. The fraction of sp³-hybridized carbons (Fsp3) is 0.812. The number of hydrogen-bond acceptors (Lipinski definition) is 5. The molecule has 0 aliphatic carbocycles. The zero-order chi connectivity index (χ0) is 15.8. The standard InChI is InChI=1S/C16H31N3OS/c1-7-8-13(4)19(5)16-18-15(12(2)3)14(21-16)11-17-9-10-20-6/h12-13,17H,7-11H2,1-6H3. The van der Waals surface area contributed by atoms with Crippen molar-refractivity contribution < 1.29 is 4.74 Å². The van der Waals surface area contributed by atoms with Gasteiger partial charge in [-0.15, -0.1) is 11.3 Å². The highest BCUT2D eigenvalue weighted by molar-refractivity contribution is 7.15. The van der Waals surface area contributed by atoms with Crippen LogP contribution in [0.1, 0.15) is 57.0 Å². The average Bonchev–Trinajstić information content (AvgIpc) is 2.87. The fourth-order valence-electron chi connectivity index (χ4n) is 2.26. The first-order chi connectivity index (χ1) is 10.0. The summed E-state index contributed by atoms with van der Waals surface area (Å²) in [5.74, 6) is 0.462.